The molecule has 0 unspecified atom stereocenters. The van der Waals surface area contributed by atoms with Gasteiger partial charge < -0.3 is 10.1 Å². The van der Waals surface area contributed by atoms with E-state index in [0.717, 1.165) is 30.5 Å². The van der Waals surface area contributed by atoms with Crippen LogP contribution in [0.2, 0.25) is 0 Å². The highest BCUT2D eigenvalue weighted by Gasteiger charge is 2.35. The summed E-state index contributed by atoms with van der Waals surface area (Å²) in [6, 6.07) is 3.94. The minimum atomic E-state index is -0.0881. The number of carbonyl (C=O) groups excluding carboxylic acids is 1. The Morgan fingerprint density at radius 1 is 1.41 bits per heavy atom. The summed E-state index contributed by atoms with van der Waals surface area (Å²) in [6.07, 6.45) is 5.12. The van der Waals surface area contributed by atoms with Crippen LogP contribution in [0.25, 0.3) is 0 Å². The highest BCUT2D eigenvalue weighted by molar-refractivity contribution is 9.10. The predicted octanol–water partition coefficient (Wildman–Crippen LogP) is 3.38. The maximum Gasteiger partial charge on any atom is 0.252 e. The van der Waals surface area contributed by atoms with Crippen molar-refractivity contribution < 1.29 is 9.53 Å². The monoisotopic (exact) mass is 380 g/mol. The molecule has 3 rings (SSSR count). The molecule has 3 heterocycles. The van der Waals surface area contributed by atoms with E-state index in [9.17, 15) is 4.79 Å². The smallest absolute Gasteiger partial charge is 0.252 e. The first-order chi connectivity index (χ1) is 10.7. The Morgan fingerprint density at radius 2 is 2.23 bits per heavy atom. The molecule has 116 valence electrons. The molecule has 1 aliphatic heterocycles. The van der Waals surface area contributed by atoms with Gasteiger partial charge in [-0.3, -0.25) is 9.78 Å². The number of amides is 1. The number of rotatable bonds is 4. The third-order valence-corrected chi connectivity index (χ3v) is 5.25. The van der Waals surface area contributed by atoms with Gasteiger partial charge in [-0.15, -0.1) is 0 Å². The number of nitrogens with zero attached hydrogens (tertiary/aromatic N) is 1. The molecule has 0 aromatic carbocycles. The number of halogens is 1. The lowest BCUT2D eigenvalue weighted by Crippen LogP contribution is -2.44. The van der Waals surface area contributed by atoms with Crippen LogP contribution in [-0.2, 0) is 10.2 Å². The molecule has 0 atom stereocenters. The summed E-state index contributed by atoms with van der Waals surface area (Å²) in [5.74, 6) is -0.0881. The highest BCUT2D eigenvalue weighted by atomic mass is 79.9. The first kappa shape index (κ1) is 15.6. The van der Waals surface area contributed by atoms with Gasteiger partial charge in [-0.05, 0) is 57.2 Å². The zero-order valence-electron chi connectivity index (χ0n) is 12.0. The number of aromatic nitrogens is 1. The van der Waals surface area contributed by atoms with E-state index in [0.29, 0.717) is 12.1 Å². The van der Waals surface area contributed by atoms with E-state index < -0.39 is 0 Å². The Kier molecular flexibility index (Phi) is 4.90. The van der Waals surface area contributed by atoms with Crippen molar-refractivity contribution in [1.29, 1.82) is 0 Å². The van der Waals surface area contributed by atoms with Gasteiger partial charge in [-0.1, -0.05) is 0 Å². The van der Waals surface area contributed by atoms with Gasteiger partial charge in [0.15, 0.2) is 0 Å². The lowest BCUT2D eigenvalue weighted by Gasteiger charge is -2.37. The van der Waals surface area contributed by atoms with Gasteiger partial charge >= 0.3 is 0 Å². The standard InChI is InChI=1S/C16H17BrN2O2S/c17-14-7-12(8-18-9-14)15(20)19-11-16(2-4-21-5-3-16)13-1-6-22-10-13/h1,6-10H,2-5,11H2,(H,19,20). The molecule has 0 aliphatic carbocycles. The molecule has 4 nitrogen and oxygen atoms in total. The molecule has 22 heavy (non-hydrogen) atoms. The number of nitrogens with one attached hydrogen (secondary N) is 1. The molecule has 1 N–H and O–H groups in total. The fourth-order valence-corrected chi connectivity index (χ4v) is 3.93. The topological polar surface area (TPSA) is 51.2 Å². The first-order valence-corrected chi connectivity index (χ1v) is 8.92. The van der Waals surface area contributed by atoms with Crippen LogP contribution in [0.3, 0.4) is 0 Å². The van der Waals surface area contributed by atoms with Crippen molar-refractivity contribution in [3.05, 3.63) is 50.9 Å². The van der Waals surface area contributed by atoms with Gasteiger partial charge in [0, 0.05) is 42.0 Å². The number of ether oxygens (including phenoxy) is 1. The number of hydrogen-bond donors (Lipinski definition) is 1. The summed E-state index contributed by atoms with van der Waals surface area (Å²) in [5, 5.41) is 7.34. The Balaban J connectivity index is 1.73. The van der Waals surface area contributed by atoms with E-state index in [1.807, 2.05) is 0 Å². The summed E-state index contributed by atoms with van der Waals surface area (Å²) in [7, 11) is 0. The Labute approximate surface area is 142 Å². The third-order valence-electron chi connectivity index (χ3n) is 4.14. The Morgan fingerprint density at radius 3 is 2.91 bits per heavy atom. The molecule has 0 bridgehead atoms. The third kappa shape index (κ3) is 3.39. The quantitative estimate of drug-likeness (QED) is 0.884. The second kappa shape index (κ2) is 6.89. The fraction of sp³-hybridized carbons (Fsp3) is 0.375. The van der Waals surface area contributed by atoms with Gasteiger partial charge in [0.1, 0.15) is 0 Å². The fourth-order valence-electron chi connectivity index (χ4n) is 2.78. The molecule has 1 saturated heterocycles. The average Bonchev–Trinajstić information content (AvgIpc) is 3.09. The zero-order valence-corrected chi connectivity index (χ0v) is 14.5. The van der Waals surface area contributed by atoms with Crippen LogP contribution in [0.1, 0.15) is 28.8 Å². The minimum Gasteiger partial charge on any atom is -0.381 e. The van der Waals surface area contributed by atoms with Crippen molar-refractivity contribution >= 4 is 33.2 Å². The van der Waals surface area contributed by atoms with Crippen LogP contribution in [0.15, 0.2) is 39.8 Å². The Hall–Kier alpha value is -1.24. The van der Waals surface area contributed by atoms with E-state index >= 15 is 0 Å². The van der Waals surface area contributed by atoms with Crippen LogP contribution in [0.4, 0.5) is 0 Å². The van der Waals surface area contributed by atoms with E-state index in [1.54, 1.807) is 29.8 Å². The second-order valence-corrected chi connectivity index (χ2v) is 7.17. The van der Waals surface area contributed by atoms with Crippen LogP contribution in [-0.4, -0.2) is 30.6 Å². The van der Waals surface area contributed by atoms with Crippen molar-refractivity contribution in [2.45, 2.75) is 18.3 Å². The summed E-state index contributed by atoms with van der Waals surface area (Å²) < 4.78 is 6.31. The molecule has 1 fully saturated rings. The van der Waals surface area contributed by atoms with Crippen molar-refractivity contribution in [2.24, 2.45) is 0 Å². The van der Waals surface area contributed by atoms with Gasteiger partial charge in [-0.2, -0.15) is 11.3 Å². The van der Waals surface area contributed by atoms with E-state index in [2.05, 4.69) is 43.1 Å². The lowest BCUT2D eigenvalue weighted by molar-refractivity contribution is 0.0488. The van der Waals surface area contributed by atoms with Crippen LogP contribution >= 0.6 is 27.3 Å². The van der Waals surface area contributed by atoms with E-state index in [-0.39, 0.29) is 11.3 Å². The van der Waals surface area contributed by atoms with Crippen molar-refractivity contribution in [3.63, 3.8) is 0 Å². The molecule has 0 radical (unpaired) electrons. The van der Waals surface area contributed by atoms with Crippen molar-refractivity contribution in [1.82, 2.24) is 10.3 Å². The number of carbonyl (C=O) groups is 1. The molecule has 0 spiro atoms. The Bertz CT molecular complexity index is 639. The van der Waals surface area contributed by atoms with Gasteiger partial charge in [0.25, 0.3) is 5.91 Å². The van der Waals surface area contributed by atoms with Crippen molar-refractivity contribution in [2.75, 3.05) is 19.8 Å². The van der Waals surface area contributed by atoms with Crippen LogP contribution < -0.4 is 5.32 Å². The average molecular weight is 381 g/mol. The molecule has 6 heteroatoms. The second-order valence-electron chi connectivity index (χ2n) is 5.48. The number of pyridine rings is 1. The normalized spacial score (nSPS) is 17.1. The molecule has 2 aromatic heterocycles. The first-order valence-electron chi connectivity index (χ1n) is 7.19. The van der Waals surface area contributed by atoms with Gasteiger partial charge in [-0.25, -0.2) is 0 Å². The minimum absolute atomic E-state index is 0.0205. The van der Waals surface area contributed by atoms with Gasteiger partial charge in [0.05, 0.1) is 5.56 Å². The summed E-state index contributed by atoms with van der Waals surface area (Å²) in [5.41, 5.74) is 1.85. The summed E-state index contributed by atoms with van der Waals surface area (Å²) >= 11 is 5.04. The largest absolute Gasteiger partial charge is 0.381 e. The number of hydrogen-bond acceptors (Lipinski definition) is 4. The molecule has 0 saturated carbocycles. The van der Waals surface area contributed by atoms with Crippen LogP contribution in [0.5, 0.6) is 0 Å². The highest BCUT2D eigenvalue weighted by Crippen LogP contribution is 2.35. The maximum absolute atomic E-state index is 12.4. The molecular weight excluding hydrogens is 364 g/mol. The van der Waals surface area contributed by atoms with E-state index in [1.165, 1.54) is 5.56 Å². The van der Waals surface area contributed by atoms with E-state index in [4.69, 9.17) is 4.74 Å². The molecule has 2 aromatic rings. The zero-order chi connectivity index (χ0) is 15.4. The molecular formula is C16H17BrN2O2S. The predicted molar refractivity (Wildman–Crippen MR) is 90.3 cm³/mol. The van der Waals surface area contributed by atoms with Gasteiger partial charge in [0.2, 0.25) is 0 Å². The molecule has 1 amide bonds. The van der Waals surface area contributed by atoms with Crippen molar-refractivity contribution in [3.8, 4) is 0 Å². The molecule has 1 aliphatic rings. The summed E-state index contributed by atoms with van der Waals surface area (Å²) in [4.78, 5) is 16.4. The SMILES string of the molecule is O=C(NCC1(c2ccsc2)CCOCC1)c1cncc(Br)c1. The summed E-state index contributed by atoms with van der Waals surface area (Å²) in [6.45, 7) is 2.10. The number of thiophene rings is 1. The maximum atomic E-state index is 12.4. The van der Waals surface area contributed by atoms with Crippen LogP contribution in [0, 0.1) is 0 Å². The lowest BCUT2D eigenvalue weighted by atomic mass is 9.75.